The average Bonchev–Trinajstić information content (AvgIpc) is 3.02. The number of benzene rings is 2. The number of fused-ring (bicyclic) bond motifs is 1. The highest BCUT2D eigenvalue weighted by molar-refractivity contribution is 5.76. The summed E-state index contributed by atoms with van der Waals surface area (Å²) < 4.78 is 8.13. The van der Waals surface area contributed by atoms with Crippen molar-refractivity contribution in [1.82, 2.24) is 9.55 Å². The van der Waals surface area contributed by atoms with Gasteiger partial charge in [0, 0.05) is 6.54 Å². The van der Waals surface area contributed by atoms with Crippen LogP contribution in [0.25, 0.3) is 11.0 Å². The highest BCUT2D eigenvalue weighted by Gasteiger charge is 2.15. The summed E-state index contributed by atoms with van der Waals surface area (Å²) in [6.45, 7) is 5.89. The Bertz CT molecular complexity index is 823. The first-order valence-electron chi connectivity index (χ1n) is 9.59. The first-order chi connectivity index (χ1) is 12.7. The zero-order valence-electron chi connectivity index (χ0n) is 15.8. The standard InChI is InChI=1S/C22H29N3O/c1-3-8-19(23)22-24-20-9-4-5-10-21(20)25(22)15-6-7-16-26-18-13-11-17(2)12-14-18/h4-5,9-14,19H,3,6-8,15-16,23H2,1-2H3. The fourth-order valence-corrected chi connectivity index (χ4v) is 3.25. The van der Waals surface area contributed by atoms with Gasteiger partial charge in [0.15, 0.2) is 0 Å². The van der Waals surface area contributed by atoms with Gasteiger partial charge in [-0.25, -0.2) is 4.98 Å². The fourth-order valence-electron chi connectivity index (χ4n) is 3.25. The second-order valence-corrected chi connectivity index (χ2v) is 6.87. The van der Waals surface area contributed by atoms with Gasteiger partial charge in [-0.05, 0) is 50.5 Å². The summed E-state index contributed by atoms with van der Waals surface area (Å²) in [6.07, 6.45) is 4.06. The summed E-state index contributed by atoms with van der Waals surface area (Å²) in [6, 6.07) is 16.5. The zero-order chi connectivity index (χ0) is 18.4. The predicted molar refractivity (Wildman–Crippen MR) is 107 cm³/mol. The molecule has 0 aliphatic heterocycles. The molecule has 0 saturated heterocycles. The molecule has 3 rings (SSSR count). The van der Waals surface area contributed by atoms with Gasteiger partial charge in [0.2, 0.25) is 0 Å². The second kappa shape index (κ2) is 8.86. The second-order valence-electron chi connectivity index (χ2n) is 6.87. The summed E-state index contributed by atoms with van der Waals surface area (Å²) in [5, 5.41) is 0. The maximum atomic E-state index is 6.38. The average molecular weight is 351 g/mol. The van der Waals surface area contributed by atoms with E-state index in [-0.39, 0.29) is 6.04 Å². The number of nitrogens with zero attached hydrogens (tertiary/aromatic N) is 2. The molecular weight excluding hydrogens is 322 g/mol. The van der Waals surface area contributed by atoms with Crippen molar-refractivity contribution in [3.8, 4) is 5.75 Å². The summed E-state index contributed by atoms with van der Waals surface area (Å²) >= 11 is 0. The van der Waals surface area contributed by atoms with Crippen LogP contribution in [0, 0.1) is 6.92 Å². The Morgan fingerprint density at radius 3 is 2.62 bits per heavy atom. The molecule has 0 fully saturated rings. The van der Waals surface area contributed by atoms with Crippen molar-refractivity contribution in [2.45, 2.75) is 52.1 Å². The molecule has 0 aliphatic rings. The van der Waals surface area contributed by atoms with Crippen LogP contribution in [0.1, 0.15) is 50.0 Å². The van der Waals surface area contributed by atoms with Crippen molar-refractivity contribution in [1.29, 1.82) is 0 Å². The van der Waals surface area contributed by atoms with Gasteiger partial charge in [-0.3, -0.25) is 0 Å². The number of aromatic nitrogens is 2. The van der Waals surface area contributed by atoms with E-state index in [9.17, 15) is 0 Å². The van der Waals surface area contributed by atoms with Crippen molar-refractivity contribution in [3.63, 3.8) is 0 Å². The van der Waals surface area contributed by atoms with Crippen molar-refractivity contribution in [2.75, 3.05) is 6.61 Å². The van der Waals surface area contributed by atoms with E-state index < -0.39 is 0 Å². The maximum Gasteiger partial charge on any atom is 0.126 e. The van der Waals surface area contributed by atoms with Gasteiger partial charge in [-0.1, -0.05) is 43.2 Å². The molecule has 1 aromatic heterocycles. The number of unbranched alkanes of at least 4 members (excludes halogenated alkanes) is 1. The quantitative estimate of drug-likeness (QED) is 0.552. The molecule has 0 radical (unpaired) electrons. The number of imidazole rings is 1. The van der Waals surface area contributed by atoms with Crippen LogP contribution in [-0.2, 0) is 6.54 Å². The number of aryl methyl sites for hydroxylation is 2. The van der Waals surface area contributed by atoms with E-state index in [1.165, 1.54) is 11.1 Å². The molecule has 1 atom stereocenters. The Kier molecular flexibility index (Phi) is 6.29. The molecule has 4 heteroatoms. The van der Waals surface area contributed by atoms with Crippen molar-refractivity contribution >= 4 is 11.0 Å². The molecule has 0 spiro atoms. The number of rotatable bonds is 9. The Morgan fingerprint density at radius 1 is 1.08 bits per heavy atom. The molecule has 0 bridgehead atoms. The van der Waals surface area contributed by atoms with Crippen LogP contribution in [0.3, 0.4) is 0 Å². The molecule has 1 unspecified atom stereocenters. The Morgan fingerprint density at radius 2 is 1.85 bits per heavy atom. The normalized spacial score (nSPS) is 12.4. The van der Waals surface area contributed by atoms with Crippen LogP contribution in [0.2, 0.25) is 0 Å². The number of nitrogens with two attached hydrogens (primary N) is 1. The van der Waals surface area contributed by atoms with Gasteiger partial charge in [0.1, 0.15) is 11.6 Å². The van der Waals surface area contributed by atoms with Crippen LogP contribution in [0.4, 0.5) is 0 Å². The first-order valence-corrected chi connectivity index (χ1v) is 9.59. The molecule has 1 heterocycles. The third-order valence-corrected chi connectivity index (χ3v) is 4.68. The number of hydrogen-bond acceptors (Lipinski definition) is 3. The van der Waals surface area contributed by atoms with Gasteiger partial charge in [-0.15, -0.1) is 0 Å². The van der Waals surface area contributed by atoms with E-state index >= 15 is 0 Å². The lowest BCUT2D eigenvalue weighted by Gasteiger charge is -2.14. The Labute approximate surface area is 156 Å². The third-order valence-electron chi connectivity index (χ3n) is 4.68. The molecule has 138 valence electrons. The lowest BCUT2D eigenvalue weighted by Crippen LogP contribution is -2.17. The van der Waals surface area contributed by atoms with Crippen LogP contribution < -0.4 is 10.5 Å². The van der Waals surface area contributed by atoms with E-state index in [2.05, 4.69) is 48.7 Å². The molecule has 4 nitrogen and oxygen atoms in total. The summed E-state index contributed by atoms with van der Waals surface area (Å²) in [5.41, 5.74) is 9.84. The summed E-state index contributed by atoms with van der Waals surface area (Å²) in [5.74, 6) is 1.95. The smallest absolute Gasteiger partial charge is 0.126 e. The minimum Gasteiger partial charge on any atom is -0.494 e. The fraction of sp³-hybridized carbons (Fsp3) is 0.409. The zero-order valence-corrected chi connectivity index (χ0v) is 15.8. The van der Waals surface area contributed by atoms with Crippen molar-refractivity contribution in [2.24, 2.45) is 5.73 Å². The lowest BCUT2D eigenvalue weighted by atomic mass is 10.1. The molecule has 3 aromatic rings. The minimum absolute atomic E-state index is 0.00351. The van der Waals surface area contributed by atoms with Gasteiger partial charge in [-0.2, -0.15) is 0 Å². The maximum absolute atomic E-state index is 6.38. The lowest BCUT2D eigenvalue weighted by molar-refractivity contribution is 0.303. The summed E-state index contributed by atoms with van der Waals surface area (Å²) in [7, 11) is 0. The van der Waals surface area contributed by atoms with E-state index in [4.69, 9.17) is 15.5 Å². The molecule has 0 saturated carbocycles. The number of ether oxygens (including phenoxy) is 1. The topological polar surface area (TPSA) is 53.1 Å². The third kappa shape index (κ3) is 4.44. The van der Waals surface area contributed by atoms with Crippen molar-refractivity contribution < 1.29 is 4.74 Å². The molecule has 0 aliphatic carbocycles. The van der Waals surface area contributed by atoms with Crippen LogP contribution >= 0.6 is 0 Å². The first kappa shape index (κ1) is 18.5. The predicted octanol–water partition coefficient (Wildman–Crippen LogP) is 5.00. The van der Waals surface area contributed by atoms with Gasteiger partial charge < -0.3 is 15.0 Å². The molecule has 2 aromatic carbocycles. The number of para-hydroxylation sites is 2. The highest BCUT2D eigenvalue weighted by Crippen LogP contribution is 2.23. The molecule has 2 N–H and O–H groups in total. The van der Waals surface area contributed by atoms with E-state index in [1.54, 1.807) is 0 Å². The van der Waals surface area contributed by atoms with E-state index in [0.29, 0.717) is 0 Å². The summed E-state index contributed by atoms with van der Waals surface area (Å²) in [4.78, 5) is 4.79. The molecule has 26 heavy (non-hydrogen) atoms. The molecule has 0 amide bonds. The Hall–Kier alpha value is -2.33. The SMILES string of the molecule is CCCC(N)c1nc2ccccc2n1CCCCOc1ccc(C)cc1. The van der Waals surface area contributed by atoms with Gasteiger partial charge >= 0.3 is 0 Å². The Balaban J connectivity index is 1.60. The largest absolute Gasteiger partial charge is 0.494 e. The highest BCUT2D eigenvalue weighted by atomic mass is 16.5. The van der Waals surface area contributed by atoms with Gasteiger partial charge in [0.25, 0.3) is 0 Å². The van der Waals surface area contributed by atoms with Crippen LogP contribution in [-0.4, -0.2) is 16.2 Å². The monoisotopic (exact) mass is 351 g/mol. The van der Waals surface area contributed by atoms with E-state index in [1.807, 2.05) is 18.2 Å². The number of hydrogen-bond donors (Lipinski definition) is 1. The minimum atomic E-state index is -0.00351. The van der Waals surface area contributed by atoms with E-state index in [0.717, 1.165) is 55.9 Å². The van der Waals surface area contributed by atoms with Crippen molar-refractivity contribution in [3.05, 3.63) is 59.9 Å². The van der Waals surface area contributed by atoms with Gasteiger partial charge in [0.05, 0.1) is 23.7 Å². The van der Waals surface area contributed by atoms with Crippen LogP contribution in [0.5, 0.6) is 5.75 Å². The molecular formula is C22H29N3O. The van der Waals surface area contributed by atoms with Crippen LogP contribution in [0.15, 0.2) is 48.5 Å².